The summed E-state index contributed by atoms with van der Waals surface area (Å²) >= 11 is 0. The molecule has 0 saturated heterocycles. The summed E-state index contributed by atoms with van der Waals surface area (Å²) in [7, 11) is 1.30. The Balaban J connectivity index is 2.98. The Bertz CT molecular complexity index is 930. The van der Waals surface area contributed by atoms with Crippen LogP contribution in [-0.2, 0) is 35.1 Å². The van der Waals surface area contributed by atoms with Gasteiger partial charge in [-0.2, -0.15) is 0 Å². The van der Waals surface area contributed by atoms with Gasteiger partial charge in [-0.25, -0.2) is 0 Å². The van der Waals surface area contributed by atoms with Crippen LogP contribution in [0.15, 0.2) is 18.2 Å². The number of esters is 4. The number of carbonyl (C=O) groups excluding carboxylic acids is 4. The molecule has 0 aliphatic carbocycles. The second-order valence-corrected chi connectivity index (χ2v) is 10.6. The molecule has 0 fully saturated rings. The second kappa shape index (κ2) is 18.4. The first-order valence-electron chi connectivity index (χ1n) is 14.0. The lowest BCUT2D eigenvalue weighted by atomic mass is 10.0. The maximum Gasteiger partial charge on any atom is 0.323 e. The maximum atomic E-state index is 12.6. The molecule has 3 atom stereocenters. The highest BCUT2D eigenvalue weighted by Crippen LogP contribution is 2.31. The zero-order chi connectivity index (χ0) is 29.4. The van der Waals surface area contributed by atoms with E-state index in [4.69, 9.17) is 18.9 Å². The minimum atomic E-state index is -0.730. The second-order valence-electron chi connectivity index (χ2n) is 10.6. The van der Waals surface area contributed by atoms with E-state index in [1.54, 1.807) is 18.2 Å². The van der Waals surface area contributed by atoms with Gasteiger partial charge < -0.3 is 24.3 Å². The maximum absolute atomic E-state index is 12.6. The number of hydrogen-bond acceptors (Lipinski definition) is 9. The van der Waals surface area contributed by atoms with Crippen molar-refractivity contribution in [2.45, 2.75) is 92.5 Å². The van der Waals surface area contributed by atoms with E-state index in [9.17, 15) is 19.2 Å². The van der Waals surface area contributed by atoms with E-state index in [1.807, 2.05) is 41.5 Å². The third-order valence-electron chi connectivity index (χ3n) is 6.49. The summed E-state index contributed by atoms with van der Waals surface area (Å²) in [5.74, 6) is -0.604. The van der Waals surface area contributed by atoms with Gasteiger partial charge in [-0.15, -0.1) is 0 Å². The Morgan fingerprint density at radius 2 is 1.44 bits per heavy atom. The van der Waals surface area contributed by atoms with Gasteiger partial charge in [-0.1, -0.05) is 60.5 Å². The third kappa shape index (κ3) is 14.1. The number of methoxy groups -OCH3 is 1. The molecule has 0 heterocycles. The topological polar surface area (TPSA) is 117 Å². The first kappa shape index (κ1) is 34.1. The molecule has 1 N–H and O–H groups in total. The SMILES string of the molecule is CCC(C)CC(=O)Oc1ccc(C[C@H](NCCOC(=O)CCC(C)C)C(=O)OC)cc1OC(=O)CC(C)CC. The molecule has 1 rings (SSSR count). The predicted molar refractivity (Wildman–Crippen MR) is 148 cm³/mol. The standard InChI is InChI=1S/C30H47NO8/c1-8-21(5)16-28(33)38-25-12-11-23(19-26(25)39-29(34)17-22(6)9-2)18-24(30(35)36-7)31-14-15-37-27(32)13-10-20(3)4/h11-12,19-22,24,31H,8-10,13-18H2,1-7H3/t21?,22?,24-/m0/s1. The molecule has 9 nitrogen and oxygen atoms in total. The molecule has 0 bridgehead atoms. The fraction of sp³-hybridized carbons (Fsp3) is 0.667. The van der Waals surface area contributed by atoms with Crippen molar-refractivity contribution in [3.05, 3.63) is 23.8 Å². The largest absolute Gasteiger partial charge is 0.468 e. The van der Waals surface area contributed by atoms with Gasteiger partial charge in [0.15, 0.2) is 11.5 Å². The Morgan fingerprint density at radius 1 is 0.846 bits per heavy atom. The summed E-state index contributed by atoms with van der Waals surface area (Å²) in [6.07, 6.45) is 3.45. The normalized spacial score (nSPS) is 13.3. The van der Waals surface area contributed by atoms with Gasteiger partial charge in [0.2, 0.25) is 0 Å². The first-order chi connectivity index (χ1) is 18.5. The van der Waals surface area contributed by atoms with Crippen molar-refractivity contribution < 1.29 is 38.1 Å². The first-order valence-corrected chi connectivity index (χ1v) is 14.0. The van der Waals surface area contributed by atoms with Crippen molar-refractivity contribution in [2.24, 2.45) is 17.8 Å². The molecule has 0 saturated carbocycles. The minimum absolute atomic E-state index is 0.119. The lowest BCUT2D eigenvalue weighted by molar-refractivity contribution is -0.144. The molecule has 1 aromatic carbocycles. The molecule has 0 aromatic heterocycles. The fourth-order valence-electron chi connectivity index (χ4n) is 3.52. The smallest absolute Gasteiger partial charge is 0.323 e. The van der Waals surface area contributed by atoms with Crippen molar-refractivity contribution in [1.29, 1.82) is 0 Å². The van der Waals surface area contributed by atoms with Crippen LogP contribution in [0.2, 0.25) is 0 Å². The molecule has 9 heteroatoms. The lowest BCUT2D eigenvalue weighted by Crippen LogP contribution is -2.41. The Morgan fingerprint density at radius 3 is 1.97 bits per heavy atom. The van der Waals surface area contributed by atoms with Crippen LogP contribution >= 0.6 is 0 Å². The molecule has 0 aliphatic rings. The minimum Gasteiger partial charge on any atom is -0.468 e. The number of hydrogen-bond donors (Lipinski definition) is 1. The van der Waals surface area contributed by atoms with Crippen LogP contribution in [0.25, 0.3) is 0 Å². The summed E-state index contributed by atoms with van der Waals surface area (Å²) in [5.41, 5.74) is 0.667. The molecule has 220 valence electrons. The molecule has 0 aliphatic heterocycles. The van der Waals surface area contributed by atoms with Crippen LogP contribution in [0.5, 0.6) is 11.5 Å². The highest BCUT2D eigenvalue weighted by Gasteiger charge is 2.22. The average Bonchev–Trinajstić information content (AvgIpc) is 2.89. The van der Waals surface area contributed by atoms with E-state index in [-0.39, 0.29) is 61.7 Å². The van der Waals surface area contributed by atoms with Crippen molar-refractivity contribution >= 4 is 23.9 Å². The highest BCUT2D eigenvalue weighted by molar-refractivity contribution is 5.77. The molecule has 0 radical (unpaired) electrons. The van der Waals surface area contributed by atoms with E-state index in [0.29, 0.717) is 17.9 Å². The van der Waals surface area contributed by atoms with E-state index in [0.717, 1.165) is 19.3 Å². The van der Waals surface area contributed by atoms with Crippen LogP contribution in [0.3, 0.4) is 0 Å². The zero-order valence-electron chi connectivity index (χ0n) is 24.7. The van der Waals surface area contributed by atoms with Crippen LogP contribution in [0.4, 0.5) is 0 Å². The van der Waals surface area contributed by atoms with Gasteiger partial charge in [0.1, 0.15) is 12.6 Å². The van der Waals surface area contributed by atoms with E-state index in [1.165, 1.54) is 7.11 Å². The monoisotopic (exact) mass is 549 g/mol. The zero-order valence-corrected chi connectivity index (χ0v) is 24.7. The van der Waals surface area contributed by atoms with E-state index < -0.39 is 23.9 Å². The van der Waals surface area contributed by atoms with Crippen molar-refractivity contribution in [1.82, 2.24) is 5.32 Å². The molecule has 39 heavy (non-hydrogen) atoms. The summed E-state index contributed by atoms with van der Waals surface area (Å²) in [6, 6.07) is 4.15. The number of nitrogens with one attached hydrogen (secondary N) is 1. The van der Waals surface area contributed by atoms with Crippen LogP contribution in [0.1, 0.15) is 85.6 Å². The van der Waals surface area contributed by atoms with Gasteiger partial charge in [-0.05, 0) is 48.3 Å². The molecule has 0 amide bonds. The molecule has 1 aromatic rings. The summed E-state index contributed by atoms with van der Waals surface area (Å²) in [4.78, 5) is 49.3. The van der Waals surface area contributed by atoms with Gasteiger partial charge >= 0.3 is 23.9 Å². The summed E-state index contributed by atoms with van der Waals surface area (Å²) < 4.78 is 21.3. The molecular formula is C30H47NO8. The lowest BCUT2D eigenvalue weighted by Gasteiger charge is -2.18. The number of ether oxygens (including phenoxy) is 4. The number of rotatable bonds is 18. The number of benzene rings is 1. The van der Waals surface area contributed by atoms with Gasteiger partial charge in [-0.3, -0.25) is 19.2 Å². The van der Waals surface area contributed by atoms with Crippen molar-refractivity contribution in [3.8, 4) is 11.5 Å². The predicted octanol–water partition coefficient (Wildman–Crippen LogP) is 5.02. The van der Waals surface area contributed by atoms with E-state index in [2.05, 4.69) is 5.32 Å². The van der Waals surface area contributed by atoms with Crippen LogP contribution in [0, 0.1) is 17.8 Å². The fourth-order valence-corrected chi connectivity index (χ4v) is 3.52. The van der Waals surface area contributed by atoms with Crippen LogP contribution in [-0.4, -0.2) is 50.2 Å². The van der Waals surface area contributed by atoms with Gasteiger partial charge in [0.25, 0.3) is 0 Å². The summed E-state index contributed by atoms with van der Waals surface area (Å²) in [6.45, 7) is 12.4. The average molecular weight is 550 g/mol. The Hall–Kier alpha value is -2.94. The molecule has 2 unspecified atom stereocenters. The molecular weight excluding hydrogens is 502 g/mol. The van der Waals surface area contributed by atoms with Crippen LogP contribution < -0.4 is 14.8 Å². The highest BCUT2D eigenvalue weighted by atomic mass is 16.6. The number of carbonyl (C=O) groups is 4. The summed E-state index contributed by atoms with van der Waals surface area (Å²) in [5, 5.41) is 3.06. The van der Waals surface area contributed by atoms with Gasteiger partial charge in [0.05, 0.1) is 7.11 Å². The third-order valence-corrected chi connectivity index (χ3v) is 6.49. The Labute approximate surface area is 233 Å². The van der Waals surface area contributed by atoms with E-state index >= 15 is 0 Å². The Kier molecular flexibility index (Phi) is 16.1. The quantitative estimate of drug-likeness (QED) is 0.153. The van der Waals surface area contributed by atoms with Crippen molar-refractivity contribution in [2.75, 3.05) is 20.3 Å². The molecule has 0 spiro atoms. The van der Waals surface area contributed by atoms with Crippen molar-refractivity contribution in [3.63, 3.8) is 0 Å². The van der Waals surface area contributed by atoms with Gasteiger partial charge in [0, 0.05) is 25.8 Å².